The Bertz CT molecular complexity index is 393. The Hall–Kier alpha value is -1.26. The third kappa shape index (κ3) is 3.15. The van der Waals surface area contributed by atoms with Crippen LogP contribution in [-0.2, 0) is 5.54 Å². The predicted molar refractivity (Wildman–Crippen MR) is 74.3 cm³/mol. The molecule has 4 heteroatoms. The van der Waals surface area contributed by atoms with E-state index in [4.69, 9.17) is 15.2 Å². The van der Waals surface area contributed by atoms with Gasteiger partial charge in [-0.1, -0.05) is 6.92 Å². The molecule has 1 atom stereocenters. The highest BCUT2D eigenvalue weighted by atomic mass is 16.5. The van der Waals surface area contributed by atoms with Crippen molar-refractivity contribution in [2.75, 3.05) is 34.9 Å². The van der Waals surface area contributed by atoms with Crippen LogP contribution in [0.1, 0.15) is 18.9 Å². The highest BCUT2D eigenvalue weighted by molar-refractivity contribution is 5.44. The van der Waals surface area contributed by atoms with Crippen molar-refractivity contribution in [1.82, 2.24) is 4.90 Å². The van der Waals surface area contributed by atoms with Gasteiger partial charge in [-0.05, 0) is 38.7 Å². The molecule has 0 heterocycles. The summed E-state index contributed by atoms with van der Waals surface area (Å²) in [4.78, 5) is 2.09. The number of rotatable bonds is 6. The van der Waals surface area contributed by atoms with Gasteiger partial charge in [0, 0.05) is 12.1 Å². The molecule has 0 aliphatic rings. The molecule has 4 nitrogen and oxygen atoms in total. The molecule has 0 aliphatic carbocycles. The third-order valence-corrected chi connectivity index (χ3v) is 3.17. The average Bonchev–Trinajstić information content (AvgIpc) is 2.37. The van der Waals surface area contributed by atoms with Crippen LogP contribution < -0.4 is 15.2 Å². The van der Waals surface area contributed by atoms with Gasteiger partial charge in [-0.3, -0.25) is 0 Å². The van der Waals surface area contributed by atoms with Crippen molar-refractivity contribution in [1.29, 1.82) is 0 Å². The van der Waals surface area contributed by atoms with E-state index in [0.717, 1.165) is 30.0 Å². The summed E-state index contributed by atoms with van der Waals surface area (Å²) in [5.41, 5.74) is 7.09. The van der Waals surface area contributed by atoms with Crippen LogP contribution in [0.2, 0.25) is 0 Å². The Morgan fingerprint density at radius 2 is 1.89 bits per heavy atom. The van der Waals surface area contributed by atoms with Gasteiger partial charge in [0.1, 0.15) is 11.5 Å². The van der Waals surface area contributed by atoms with E-state index in [9.17, 15) is 0 Å². The monoisotopic (exact) mass is 252 g/mol. The Morgan fingerprint density at radius 1 is 1.22 bits per heavy atom. The van der Waals surface area contributed by atoms with Crippen LogP contribution in [0.5, 0.6) is 11.5 Å². The van der Waals surface area contributed by atoms with Gasteiger partial charge in [0.15, 0.2) is 0 Å². The maximum atomic E-state index is 6.54. The van der Waals surface area contributed by atoms with Gasteiger partial charge in [0.05, 0.1) is 19.8 Å². The molecule has 0 bridgehead atoms. The quantitative estimate of drug-likeness (QED) is 0.839. The number of benzene rings is 1. The summed E-state index contributed by atoms with van der Waals surface area (Å²) in [5.74, 6) is 1.61. The second kappa shape index (κ2) is 6.07. The van der Waals surface area contributed by atoms with E-state index in [1.807, 2.05) is 32.3 Å². The second-order valence-corrected chi connectivity index (χ2v) is 4.81. The summed E-state index contributed by atoms with van der Waals surface area (Å²) in [6.07, 6.45) is 0.828. The highest BCUT2D eigenvalue weighted by Crippen LogP contribution is 2.34. The lowest BCUT2D eigenvalue weighted by atomic mass is 9.87. The van der Waals surface area contributed by atoms with Gasteiger partial charge in [-0.2, -0.15) is 0 Å². The van der Waals surface area contributed by atoms with Crippen molar-refractivity contribution in [3.8, 4) is 11.5 Å². The van der Waals surface area contributed by atoms with Gasteiger partial charge >= 0.3 is 0 Å². The molecular weight excluding hydrogens is 228 g/mol. The molecule has 0 spiro atoms. The first-order valence-electron chi connectivity index (χ1n) is 6.13. The lowest BCUT2D eigenvalue weighted by Crippen LogP contribution is -2.45. The van der Waals surface area contributed by atoms with Crippen molar-refractivity contribution in [2.45, 2.75) is 18.9 Å². The molecule has 1 aromatic carbocycles. The standard InChI is InChI=1S/C14H24N2O2/c1-6-14(15,10-16(2)3)12-9-11(17-4)7-8-13(12)18-5/h7-9H,6,10,15H2,1-5H3. The van der Waals surface area contributed by atoms with Gasteiger partial charge < -0.3 is 20.1 Å². The van der Waals surface area contributed by atoms with Crippen molar-refractivity contribution < 1.29 is 9.47 Å². The van der Waals surface area contributed by atoms with Crippen LogP contribution in [-0.4, -0.2) is 39.8 Å². The molecule has 0 saturated heterocycles. The Morgan fingerprint density at radius 3 is 2.33 bits per heavy atom. The maximum Gasteiger partial charge on any atom is 0.124 e. The summed E-state index contributed by atoms with van der Waals surface area (Å²) in [6, 6.07) is 5.75. The summed E-state index contributed by atoms with van der Waals surface area (Å²) in [7, 11) is 7.35. The number of hydrogen-bond acceptors (Lipinski definition) is 4. The zero-order valence-electron chi connectivity index (χ0n) is 12.0. The number of hydrogen-bond donors (Lipinski definition) is 1. The van der Waals surface area contributed by atoms with Crippen LogP contribution in [0.25, 0.3) is 0 Å². The first-order chi connectivity index (χ1) is 8.46. The van der Waals surface area contributed by atoms with Crippen molar-refractivity contribution in [2.24, 2.45) is 5.73 Å². The maximum absolute atomic E-state index is 6.54. The number of likely N-dealkylation sites (N-methyl/N-ethyl adjacent to an activating group) is 1. The number of methoxy groups -OCH3 is 2. The van der Waals surface area contributed by atoms with Gasteiger partial charge in [-0.15, -0.1) is 0 Å². The van der Waals surface area contributed by atoms with Gasteiger partial charge in [-0.25, -0.2) is 0 Å². The normalized spacial score (nSPS) is 14.4. The molecule has 0 aromatic heterocycles. The topological polar surface area (TPSA) is 47.7 Å². The van der Waals surface area contributed by atoms with E-state index in [0.29, 0.717) is 0 Å². The summed E-state index contributed by atoms with van der Waals surface area (Å²) in [6.45, 7) is 2.84. The van der Waals surface area contributed by atoms with Crippen molar-refractivity contribution in [3.05, 3.63) is 23.8 Å². The molecule has 18 heavy (non-hydrogen) atoms. The van der Waals surface area contributed by atoms with Crippen molar-refractivity contribution >= 4 is 0 Å². The van der Waals surface area contributed by atoms with Crippen LogP contribution in [0, 0.1) is 0 Å². The molecule has 0 fully saturated rings. The van der Waals surface area contributed by atoms with Crippen LogP contribution in [0.4, 0.5) is 0 Å². The Balaban J connectivity index is 3.25. The largest absolute Gasteiger partial charge is 0.497 e. The summed E-state index contributed by atoms with van der Waals surface area (Å²) < 4.78 is 10.7. The molecule has 1 unspecified atom stereocenters. The lowest BCUT2D eigenvalue weighted by molar-refractivity contribution is 0.269. The number of ether oxygens (including phenoxy) is 2. The molecule has 1 rings (SSSR count). The fraction of sp³-hybridized carbons (Fsp3) is 0.571. The fourth-order valence-electron chi connectivity index (χ4n) is 2.15. The Labute approximate surface area is 110 Å². The molecule has 0 amide bonds. The minimum absolute atomic E-state index is 0.441. The molecule has 1 aromatic rings. The van der Waals surface area contributed by atoms with Crippen LogP contribution >= 0.6 is 0 Å². The smallest absolute Gasteiger partial charge is 0.124 e. The lowest BCUT2D eigenvalue weighted by Gasteiger charge is -2.33. The van der Waals surface area contributed by atoms with E-state index < -0.39 is 5.54 Å². The van der Waals surface area contributed by atoms with Crippen molar-refractivity contribution in [3.63, 3.8) is 0 Å². The summed E-state index contributed by atoms with van der Waals surface area (Å²) >= 11 is 0. The molecule has 2 N–H and O–H groups in total. The van der Waals surface area contributed by atoms with E-state index in [1.165, 1.54) is 0 Å². The molecular formula is C14H24N2O2. The van der Waals surface area contributed by atoms with Crippen LogP contribution in [0.3, 0.4) is 0 Å². The minimum Gasteiger partial charge on any atom is -0.497 e. The van der Waals surface area contributed by atoms with Gasteiger partial charge in [0.25, 0.3) is 0 Å². The predicted octanol–water partition coefficient (Wildman–Crippen LogP) is 1.83. The number of nitrogens with two attached hydrogens (primary N) is 1. The van der Waals surface area contributed by atoms with Crippen LogP contribution in [0.15, 0.2) is 18.2 Å². The fourth-order valence-corrected chi connectivity index (χ4v) is 2.15. The molecule has 0 aliphatic heterocycles. The highest BCUT2D eigenvalue weighted by Gasteiger charge is 2.29. The molecule has 0 saturated carbocycles. The first kappa shape index (κ1) is 14.8. The molecule has 0 radical (unpaired) electrons. The SMILES string of the molecule is CCC(N)(CN(C)C)c1cc(OC)ccc1OC. The van der Waals surface area contributed by atoms with E-state index in [-0.39, 0.29) is 0 Å². The third-order valence-electron chi connectivity index (χ3n) is 3.17. The van der Waals surface area contributed by atoms with Gasteiger partial charge in [0.2, 0.25) is 0 Å². The minimum atomic E-state index is -0.441. The first-order valence-corrected chi connectivity index (χ1v) is 6.13. The Kier molecular flexibility index (Phi) is 4.99. The van der Waals surface area contributed by atoms with E-state index in [1.54, 1.807) is 14.2 Å². The average molecular weight is 252 g/mol. The molecule has 102 valence electrons. The van der Waals surface area contributed by atoms with E-state index >= 15 is 0 Å². The number of nitrogens with zero attached hydrogens (tertiary/aromatic N) is 1. The summed E-state index contributed by atoms with van der Waals surface area (Å²) in [5, 5.41) is 0. The zero-order valence-corrected chi connectivity index (χ0v) is 12.0. The van der Waals surface area contributed by atoms with E-state index in [2.05, 4.69) is 11.8 Å². The second-order valence-electron chi connectivity index (χ2n) is 4.81. The zero-order chi connectivity index (χ0) is 13.8.